The number of rotatable bonds is 5. The molecule has 1 aliphatic carbocycles. The molecule has 1 saturated heterocycles. The fourth-order valence-electron chi connectivity index (χ4n) is 4.38. The van der Waals surface area contributed by atoms with Gasteiger partial charge in [-0.25, -0.2) is 0 Å². The highest BCUT2D eigenvalue weighted by Gasteiger charge is 2.26. The lowest BCUT2D eigenvalue weighted by Crippen LogP contribution is -2.42. The van der Waals surface area contributed by atoms with Gasteiger partial charge in [0.1, 0.15) is 6.04 Å². The lowest BCUT2D eigenvalue weighted by Gasteiger charge is -2.23. The molecule has 30 heavy (non-hydrogen) atoms. The average Bonchev–Trinajstić information content (AvgIpc) is 3.36. The normalized spacial score (nSPS) is 18.9. The first-order chi connectivity index (χ1) is 14.7. The summed E-state index contributed by atoms with van der Waals surface area (Å²) in [5.74, 6) is 0.0245. The van der Waals surface area contributed by atoms with E-state index in [2.05, 4.69) is 26.1 Å². The maximum absolute atomic E-state index is 13.0. The molecule has 2 aliphatic rings. The number of carbonyl (C=O) groups is 1. The van der Waals surface area contributed by atoms with Crippen molar-refractivity contribution in [1.82, 2.24) is 15.6 Å². The minimum atomic E-state index is -0.263. The Balaban J connectivity index is 1.47. The first-order valence-corrected chi connectivity index (χ1v) is 10.3. The van der Waals surface area contributed by atoms with Crippen molar-refractivity contribution in [3.63, 3.8) is 0 Å². The van der Waals surface area contributed by atoms with Crippen LogP contribution in [-0.2, 0) is 6.42 Å². The number of nitroso groups, excluding NO2 is 1. The second-order valence-corrected chi connectivity index (χ2v) is 7.87. The van der Waals surface area contributed by atoms with Gasteiger partial charge in [0, 0.05) is 23.3 Å². The highest BCUT2D eigenvalue weighted by Crippen LogP contribution is 2.38. The molecule has 1 amide bonds. The molecule has 8 heteroatoms. The molecule has 0 bridgehead atoms. The number of nitrogens with one attached hydrogen (secondary N) is 3. The smallest absolute Gasteiger partial charge is 0.289 e. The zero-order valence-corrected chi connectivity index (χ0v) is 16.5. The summed E-state index contributed by atoms with van der Waals surface area (Å²) >= 11 is 0. The zero-order chi connectivity index (χ0) is 20.5. The van der Waals surface area contributed by atoms with E-state index in [1.807, 2.05) is 24.3 Å². The third kappa shape index (κ3) is 3.43. The van der Waals surface area contributed by atoms with E-state index in [1.165, 1.54) is 0 Å². The molecule has 0 radical (unpaired) electrons. The van der Waals surface area contributed by atoms with E-state index < -0.39 is 0 Å². The highest BCUT2D eigenvalue weighted by molar-refractivity contribution is 6.07. The Kier molecular flexibility index (Phi) is 4.92. The first-order valence-electron chi connectivity index (χ1n) is 10.3. The van der Waals surface area contributed by atoms with Gasteiger partial charge in [0.2, 0.25) is 5.76 Å². The Hall–Kier alpha value is -3.26. The van der Waals surface area contributed by atoms with E-state index in [0.717, 1.165) is 61.0 Å². The molecule has 154 valence electrons. The highest BCUT2D eigenvalue weighted by atomic mass is 16.3. The molecular weight excluding hydrogens is 382 g/mol. The van der Waals surface area contributed by atoms with E-state index in [0.29, 0.717) is 11.3 Å². The van der Waals surface area contributed by atoms with Crippen LogP contribution in [0.4, 0.5) is 11.4 Å². The van der Waals surface area contributed by atoms with Crippen molar-refractivity contribution < 1.29 is 9.21 Å². The van der Waals surface area contributed by atoms with Crippen molar-refractivity contribution in [2.24, 2.45) is 5.18 Å². The van der Waals surface area contributed by atoms with E-state index in [4.69, 9.17) is 4.42 Å². The molecule has 1 unspecified atom stereocenters. The topological polar surface area (TPSA) is 109 Å². The second-order valence-electron chi connectivity index (χ2n) is 7.87. The van der Waals surface area contributed by atoms with Crippen LogP contribution in [0.25, 0.3) is 11.0 Å². The number of hydrogen-bond donors (Lipinski definition) is 3. The first kappa shape index (κ1) is 18.7. The second kappa shape index (κ2) is 7.87. The summed E-state index contributed by atoms with van der Waals surface area (Å²) < 4.78 is 5.89. The lowest BCUT2D eigenvalue weighted by molar-refractivity contribution is 0.0905. The van der Waals surface area contributed by atoms with Crippen molar-refractivity contribution in [2.45, 2.75) is 37.8 Å². The van der Waals surface area contributed by atoms with Crippen molar-refractivity contribution in [3.8, 4) is 0 Å². The Morgan fingerprint density at radius 3 is 2.90 bits per heavy atom. The summed E-state index contributed by atoms with van der Waals surface area (Å²) in [4.78, 5) is 28.2. The van der Waals surface area contributed by atoms with Crippen molar-refractivity contribution in [2.75, 3.05) is 18.4 Å². The van der Waals surface area contributed by atoms with Crippen LogP contribution in [0, 0.1) is 4.91 Å². The standard InChI is InChI=1S/C22H23N5O3/c28-22(26-14-5-8-23-9-6-14)21-20(17-7-10-24-12-19(17)30-21)25-15-2-3-16-13(11-15)1-4-18(16)27-29/h2-3,7,10-12,14,18,23,25H,1,4-6,8-9H2,(H,26,28). The molecule has 1 atom stereocenters. The molecule has 3 aromatic rings. The number of benzene rings is 1. The Bertz CT molecular complexity index is 1100. The van der Waals surface area contributed by atoms with Gasteiger partial charge >= 0.3 is 0 Å². The van der Waals surface area contributed by atoms with E-state index in [1.54, 1.807) is 12.4 Å². The average molecular weight is 405 g/mol. The van der Waals surface area contributed by atoms with Crippen LogP contribution in [0.5, 0.6) is 0 Å². The van der Waals surface area contributed by atoms with Gasteiger partial charge in [-0.1, -0.05) is 11.2 Å². The zero-order valence-electron chi connectivity index (χ0n) is 16.5. The SMILES string of the molecule is O=NC1CCc2cc(Nc3c(C(=O)NC4CCNCC4)oc4cnccc34)ccc21. The number of pyridine rings is 1. The van der Waals surface area contributed by atoms with Crippen molar-refractivity contribution in [1.29, 1.82) is 0 Å². The fraction of sp³-hybridized carbons (Fsp3) is 0.364. The van der Waals surface area contributed by atoms with Gasteiger partial charge in [0.25, 0.3) is 5.91 Å². The van der Waals surface area contributed by atoms with Crippen LogP contribution in [0.15, 0.2) is 46.3 Å². The van der Waals surface area contributed by atoms with Gasteiger partial charge < -0.3 is 20.4 Å². The summed E-state index contributed by atoms with van der Waals surface area (Å²) in [5, 5.41) is 13.8. The fourth-order valence-corrected chi connectivity index (χ4v) is 4.38. The summed E-state index contributed by atoms with van der Waals surface area (Å²) in [7, 11) is 0. The maximum Gasteiger partial charge on any atom is 0.289 e. The molecule has 0 spiro atoms. The Labute approximate surface area is 173 Å². The number of furan rings is 1. The Morgan fingerprint density at radius 2 is 2.07 bits per heavy atom. The molecule has 3 heterocycles. The molecule has 0 saturated carbocycles. The maximum atomic E-state index is 13.0. The molecule has 3 N–H and O–H groups in total. The van der Waals surface area contributed by atoms with E-state index >= 15 is 0 Å². The van der Waals surface area contributed by atoms with Gasteiger partial charge in [0.05, 0.1) is 11.9 Å². The summed E-state index contributed by atoms with van der Waals surface area (Å²) in [5.41, 5.74) is 4.12. The van der Waals surface area contributed by atoms with Crippen LogP contribution in [-0.4, -0.2) is 30.0 Å². The number of aryl methyl sites for hydroxylation is 1. The molecule has 8 nitrogen and oxygen atoms in total. The monoisotopic (exact) mass is 405 g/mol. The summed E-state index contributed by atoms with van der Waals surface area (Å²) in [6.45, 7) is 1.79. The number of piperidine rings is 1. The minimum Gasteiger partial charge on any atom is -0.447 e. The third-order valence-corrected chi connectivity index (χ3v) is 5.96. The van der Waals surface area contributed by atoms with Crippen molar-refractivity contribution >= 4 is 28.3 Å². The van der Waals surface area contributed by atoms with Crippen LogP contribution >= 0.6 is 0 Å². The molecule has 5 rings (SSSR count). The summed E-state index contributed by atoms with van der Waals surface area (Å²) in [6.07, 6.45) is 6.65. The number of nitrogens with zero attached hydrogens (tertiary/aromatic N) is 2. The molecule has 1 fully saturated rings. The van der Waals surface area contributed by atoms with Crippen LogP contribution in [0.1, 0.15) is 47.0 Å². The van der Waals surface area contributed by atoms with Gasteiger partial charge in [-0.2, -0.15) is 4.91 Å². The lowest BCUT2D eigenvalue weighted by atomic mass is 10.1. The predicted octanol–water partition coefficient (Wildman–Crippen LogP) is 3.81. The number of amides is 1. The minimum absolute atomic E-state index is 0.130. The number of fused-ring (bicyclic) bond motifs is 2. The third-order valence-electron chi connectivity index (χ3n) is 5.96. The van der Waals surface area contributed by atoms with Crippen molar-refractivity contribution in [3.05, 3.63) is 58.5 Å². The van der Waals surface area contributed by atoms with Crippen LogP contribution in [0.2, 0.25) is 0 Å². The molecule has 1 aromatic carbocycles. The van der Waals surface area contributed by atoms with Gasteiger partial charge in [-0.3, -0.25) is 9.78 Å². The van der Waals surface area contributed by atoms with Gasteiger partial charge in [-0.15, -0.1) is 0 Å². The largest absolute Gasteiger partial charge is 0.447 e. The molecule has 1 aliphatic heterocycles. The summed E-state index contributed by atoms with van der Waals surface area (Å²) in [6, 6.07) is 7.58. The molecular formula is C22H23N5O3. The van der Waals surface area contributed by atoms with Gasteiger partial charge in [-0.05, 0) is 68.1 Å². The molecule has 2 aromatic heterocycles. The number of carbonyl (C=O) groups excluding carboxylic acids is 1. The van der Waals surface area contributed by atoms with Gasteiger partial charge in [0.15, 0.2) is 5.58 Å². The predicted molar refractivity (Wildman–Crippen MR) is 114 cm³/mol. The van der Waals surface area contributed by atoms with Crippen LogP contribution < -0.4 is 16.0 Å². The number of anilines is 2. The number of aromatic nitrogens is 1. The number of hydrogen-bond acceptors (Lipinski definition) is 7. The van der Waals surface area contributed by atoms with E-state index in [-0.39, 0.29) is 23.8 Å². The Morgan fingerprint density at radius 1 is 1.20 bits per heavy atom. The van der Waals surface area contributed by atoms with E-state index in [9.17, 15) is 9.70 Å². The van der Waals surface area contributed by atoms with Crippen LogP contribution in [0.3, 0.4) is 0 Å². The quantitative estimate of drug-likeness (QED) is 0.557.